The van der Waals surface area contributed by atoms with Gasteiger partial charge in [-0.05, 0) is 80.6 Å². The number of nitrogens with zero attached hydrogens (tertiary/aromatic N) is 1. The Balaban J connectivity index is 1.13. The number of fused-ring (bicyclic) bond motifs is 9. The van der Waals surface area contributed by atoms with Crippen LogP contribution in [0.15, 0.2) is 144 Å². The van der Waals surface area contributed by atoms with Gasteiger partial charge in [0.05, 0.1) is 11.0 Å². The summed E-state index contributed by atoms with van der Waals surface area (Å²) in [6.07, 6.45) is 0. The molecular weight excluding hydrogens is 510 g/mol. The summed E-state index contributed by atoms with van der Waals surface area (Å²) in [5, 5.41) is 7.47. The highest BCUT2D eigenvalue weighted by Crippen LogP contribution is 2.48. The van der Waals surface area contributed by atoms with E-state index in [1.165, 1.54) is 60.4 Å². The van der Waals surface area contributed by atoms with Crippen LogP contribution in [0.3, 0.4) is 0 Å². The van der Waals surface area contributed by atoms with Crippen molar-refractivity contribution >= 4 is 54.5 Å². The minimum absolute atomic E-state index is 0.915. The van der Waals surface area contributed by atoms with Gasteiger partial charge in [-0.15, -0.1) is 0 Å². The predicted molar refractivity (Wildman–Crippen MR) is 175 cm³/mol. The van der Waals surface area contributed by atoms with E-state index >= 15 is 0 Å². The monoisotopic (exact) mass is 533 g/mol. The second-order valence-corrected chi connectivity index (χ2v) is 11.3. The van der Waals surface area contributed by atoms with Gasteiger partial charge in [0.1, 0.15) is 11.2 Å². The Morgan fingerprint density at radius 3 is 2.00 bits per heavy atom. The summed E-state index contributed by atoms with van der Waals surface area (Å²) >= 11 is 0. The third-order valence-corrected chi connectivity index (χ3v) is 9.13. The van der Waals surface area contributed by atoms with E-state index in [1.54, 1.807) is 0 Å². The SMILES string of the molecule is c1cc2c3c(cccc3c1)-c1cc(-c3ccc(-n4c5ccccc5c5cc6c(cc54)oc4ccccc46)cc3)ccc1-2. The smallest absolute Gasteiger partial charge is 0.137 e. The van der Waals surface area contributed by atoms with E-state index in [0.29, 0.717) is 0 Å². The summed E-state index contributed by atoms with van der Waals surface area (Å²) in [5.41, 5.74) is 13.1. The summed E-state index contributed by atoms with van der Waals surface area (Å²) < 4.78 is 8.65. The predicted octanol–water partition coefficient (Wildman–Crippen LogP) is 11.2. The van der Waals surface area contributed by atoms with E-state index in [2.05, 4.69) is 132 Å². The van der Waals surface area contributed by atoms with Gasteiger partial charge in [0.15, 0.2) is 0 Å². The molecule has 7 aromatic carbocycles. The number of aromatic nitrogens is 1. The Bertz CT molecular complexity index is 2560. The molecule has 0 amide bonds. The summed E-state index contributed by atoms with van der Waals surface area (Å²) in [6.45, 7) is 0. The fourth-order valence-corrected chi connectivity index (χ4v) is 7.24. The molecule has 0 spiro atoms. The van der Waals surface area contributed by atoms with Crippen molar-refractivity contribution in [2.45, 2.75) is 0 Å². The Morgan fingerprint density at radius 1 is 0.405 bits per heavy atom. The van der Waals surface area contributed by atoms with E-state index in [1.807, 2.05) is 12.1 Å². The lowest BCUT2D eigenvalue weighted by molar-refractivity contribution is 0.669. The first-order valence-corrected chi connectivity index (χ1v) is 14.4. The average molecular weight is 534 g/mol. The Labute approximate surface area is 241 Å². The van der Waals surface area contributed by atoms with Crippen molar-refractivity contribution < 1.29 is 4.42 Å². The van der Waals surface area contributed by atoms with E-state index in [4.69, 9.17) is 4.42 Å². The van der Waals surface area contributed by atoms with Crippen LogP contribution in [0.2, 0.25) is 0 Å². The molecule has 42 heavy (non-hydrogen) atoms. The van der Waals surface area contributed by atoms with Crippen LogP contribution >= 0.6 is 0 Å². The maximum absolute atomic E-state index is 6.29. The van der Waals surface area contributed by atoms with Crippen LogP contribution in [0.25, 0.3) is 93.6 Å². The maximum Gasteiger partial charge on any atom is 0.137 e. The van der Waals surface area contributed by atoms with Crippen LogP contribution in [-0.4, -0.2) is 4.57 Å². The summed E-state index contributed by atoms with van der Waals surface area (Å²) in [7, 11) is 0. The average Bonchev–Trinajstić information content (AvgIpc) is 3.68. The van der Waals surface area contributed by atoms with E-state index in [9.17, 15) is 0 Å². The van der Waals surface area contributed by atoms with Gasteiger partial charge in [-0.1, -0.05) is 97.1 Å². The van der Waals surface area contributed by atoms with Crippen molar-refractivity contribution in [1.29, 1.82) is 0 Å². The van der Waals surface area contributed by atoms with Crippen molar-refractivity contribution in [3.8, 4) is 39.1 Å². The first-order valence-electron chi connectivity index (χ1n) is 14.4. The summed E-state index contributed by atoms with van der Waals surface area (Å²) in [5.74, 6) is 0. The maximum atomic E-state index is 6.29. The second-order valence-electron chi connectivity index (χ2n) is 11.3. The fourth-order valence-electron chi connectivity index (χ4n) is 7.24. The molecule has 0 saturated heterocycles. The minimum Gasteiger partial charge on any atom is -0.456 e. The molecule has 0 saturated carbocycles. The molecule has 9 aromatic rings. The molecule has 1 aliphatic rings. The second kappa shape index (κ2) is 7.99. The van der Waals surface area contributed by atoms with Gasteiger partial charge in [0.25, 0.3) is 0 Å². The standard InChI is InChI=1S/C40H23NO/c1-3-13-36-29(9-1)34-22-35-30-10-2-4-14-38(30)42-39(35)23-37(34)41(36)27-18-15-24(16-19-27)26-17-20-28-31-11-5-7-25-8-6-12-32(40(25)31)33(28)21-26/h1-23H. The molecule has 2 heteroatoms. The highest BCUT2D eigenvalue weighted by molar-refractivity contribution is 6.18. The number of rotatable bonds is 2. The highest BCUT2D eigenvalue weighted by atomic mass is 16.3. The molecular formula is C40H23NO. The number of furan rings is 1. The van der Waals surface area contributed by atoms with Crippen molar-refractivity contribution in [2.75, 3.05) is 0 Å². The van der Waals surface area contributed by atoms with E-state index in [-0.39, 0.29) is 0 Å². The Kier molecular flexibility index (Phi) is 4.21. The quantitative estimate of drug-likeness (QED) is 0.216. The molecule has 0 N–H and O–H groups in total. The van der Waals surface area contributed by atoms with Gasteiger partial charge in [0.2, 0.25) is 0 Å². The van der Waals surface area contributed by atoms with Crippen LogP contribution in [0.1, 0.15) is 0 Å². The van der Waals surface area contributed by atoms with Gasteiger partial charge < -0.3 is 8.98 Å². The number of hydrogen-bond donors (Lipinski definition) is 0. The largest absolute Gasteiger partial charge is 0.456 e. The summed E-state index contributed by atoms with van der Waals surface area (Å²) in [6, 6.07) is 50.6. The lowest BCUT2D eigenvalue weighted by Gasteiger charge is -2.11. The zero-order chi connectivity index (χ0) is 27.4. The van der Waals surface area contributed by atoms with Crippen LogP contribution in [0, 0.1) is 0 Å². The van der Waals surface area contributed by atoms with Gasteiger partial charge >= 0.3 is 0 Å². The first kappa shape index (κ1) is 22.1. The third kappa shape index (κ3) is 2.88. The van der Waals surface area contributed by atoms with E-state index in [0.717, 1.165) is 33.1 Å². The van der Waals surface area contributed by atoms with Gasteiger partial charge in [-0.3, -0.25) is 0 Å². The number of para-hydroxylation sites is 2. The molecule has 0 unspecified atom stereocenters. The molecule has 0 radical (unpaired) electrons. The molecule has 0 aliphatic heterocycles. The zero-order valence-electron chi connectivity index (χ0n) is 22.6. The minimum atomic E-state index is 0.915. The van der Waals surface area contributed by atoms with Gasteiger partial charge in [-0.25, -0.2) is 0 Å². The molecule has 1 aliphatic carbocycles. The van der Waals surface area contributed by atoms with Crippen LogP contribution < -0.4 is 0 Å². The van der Waals surface area contributed by atoms with Crippen LogP contribution in [0.5, 0.6) is 0 Å². The molecule has 2 heterocycles. The van der Waals surface area contributed by atoms with Crippen LogP contribution in [0.4, 0.5) is 0 Å². The summed E-state index contributed by atoms with van der Waals surface area (Å²) in [4.78, 5) is 0. The Morgan fingerprint density at radius 2 is 1.14 bits per heavy atom. The van der Waals surface area contributed by atoms with Gasteiger partial charge in [0, 0.05) is 33.3 Å². The number of hydrogen-bond acceptors (Lipinski definition) is 1. The molecule has 0 bridgehead atoms. The Hall–Kier alpha value is -5.60. The van der Waals surface area contributed by atoms with Crippen molar-refractivity contribution in [2.24, 2.45) is 0 Å². The molecule has 0 fully saturated rings. The molecule has 10 rings (SSSR count). The van der Waals surface area contributed by atoms with Gasteiger partial charge in [-0.2, -0.15) is 0 Å². The molecule has 194 valence electrons. The van der Waals surface area contributed by atoms with Crippen LogP contribution in [-0.2, 0) is 0 Å². The van der Waals surface area contributed by atoms with Crippen molar-refractivity contribution in [3.63, 3.8) is 0 Å². The molecule has 0 atom stereocenters. The number of benzene rings is 7. The van der Waals surface area contributed by atoms with E-state index < -0.39 is 0 Å². The lowest BCUT2D eigenvalue weighted by atomic mass is 9.97. The normalized spacial score (nSPS) is 12.3. The first-order chi connectivity index (χ1) is 20.8. The topological polar surface area (TPSA) is 18.1 Å². The van der Waals surface area contributed by atoms with Crippen molar-refractivity contribution in [1.82, 2.24) is 4.57 Å². The third-order valence-electron chi connectivity index (χ3n) is 9.13. The lowest BCUT2D eigenvalue weighted by Crippen LogP contribution is -1.93. The highest BCUT2D eigenvalue weighted by Gasteiger charge is 2.21. The molecule has 2 aromatic heterocycles. The van der Waals surface area contributed by atoms with Crippen molar-refractivity contribution in [3.05, 3.63) is 140 Å². The molecule has 2 nitrogen and oxygen atoms in total. The zero-order valence-corrected chi connectivity index (χ0v) is 22.6. The fraction of sp³-hybridized carbons (Fsp3) is 0.